The van der Waals surface area contributed by atoms with Crippen molar-refractivity contribution in [3.63, 3.8) is 0 Å². The van der Waals surface area contributed by atoms with E-state index in [0.29, 0.717) is 6.04 Å². The molecule has 2 heterocycles. The van der Waals surface area contributed by atoms with Crippen molar-refractivity contribution in [3.8, 4) is 0 Å². The van der Waals surface area contributed by atoms with E-state index in [2.05, 4.69) is 28.7 Å². The smallest absolute Gasteiger partial charge is 0.0949 e. The van der Waals surface area contributed by atoms with E-state index >= 15 is 0 Å². The fourth-order valence-electron chi connectivity index (χ4n) is 2.54. The molecular weight excluding hydrogens is 214 g/mol. The highest BCUT2D eigenvalue weighted by atomic mass is 16.5. The van der Waals surface area contributed by atoms with Gasteiger partial charge in [-0.2, -0.15) is 0 Å². The molecule has 0 aromatic carbocycles. The zero-order chi connectivity index (χ0) is 12.3. The van der Waals surface area contributed by atoms with Crippen molar-refractivity contribution in [1.82, 2.24) is 14.9 Å². The van der Waals surface area contributed by atoms with Crippen molar-refractivity contribution in [2.75, 3.05) is 13.2 Å². The van der Waals surface area contributed by atoms with Crippen LogP contribution in [0, 0.1) is 0 Å². The lowest BCUT2D eigenvalue weighted by Gasteiger charge is -2.27. The molecule has 0 saturated carbocycles. The first kappa shape index (κ1) is 12.6. The maximum Gasteiger partial charge on any atom is 0.0949 e. The number of aromatic nitrogens is 2. The summed E-state index contributed by atoms with van der Waals surface area (Å²) in [4.78, 5) is 4.28. The molecule has 17 heavy (non-hydrogen) atoms. The Morgan fingerprint density at radius 2 is 2.41 bits per heavy atom. The maximum absolute atomic E-state index is 5.75. The predicted octanol–water partition coefficient (Wildman–Crippen LogP) is 2.12. The zero-order valence-corrected chi connectivity index (χ0v) is 11.1. The lowest BCUT2D eigenvalue weighted by molar-refractivity contribution is -0.0230. The molecule has 1 aliphatic heterocycles. The minimum Gasteiger partial charge on any atom is -0.374 e. The van der Waals surface area contributed by atoms with Crippen LogP contribution in [-0.2, 0) is 11.3 Å². The van der Waals surface area contributed by atoms with E-state index in [0.717, 1.165) is 19.7 Å². The quantitative estimate of drug-likeness (QED) is 0.852. The molecule has 4 heteroatoms. The molecule has 0 spiro atoms. The lowest BCUT2D eigenvalue weighted by Crippen LogP contribution is -2.31. The summed E-state index contributed by atoms with van der Waals surface area (Å²) >= 11 is 0. The van der Waals surface area contributed by atoms with Gasteiger partial charge in [0.15, 0.2) is 0 Å². The van der Waals surface area contributed by atoms with Gasteiger partial charge in [0.2, 0.25) is 0 Å². The average molecular weight is 237 g/mol. The van der Waals surface area contributed by atoms with Gasteiger partial charge < -0.3 is 14.6 Å². The second-order valence-electron chi connectivity index (χ2n) is 5.29. The SMILES string of the molecule is CCOC(C)(C)Cn1cncc1C1CCCN1. The van der Waals surface area contributed by atoms with Gasteiger partial charge in [0.05, 0.1) is 24.2 Å². The van der Waals surface area contributed by atoms with E-state index in [4.69, 9.17) is 4.74 Å². The van der Waals surface area contributed by atoms with Gasteiger partial charge in [0, 0.05) is 18.8 Å². The van der Waals surface area contributed by atoms with Gasteiger partial charge in [0.1, 0.15) is 0 Å². The number of rotatable bonds is 5. The molecule has 2 rings (SSSR count). The maximum atomic E-state index is 5.75. The summed E-state index contributed by atoms with van der Waals surface area (Å²) in [6, 6.07) is 0.468. The van der Waals surface area contributed by atoms with Crippen LogP contribution in [0.5, 0.6) is 0 Å². The van der Waals surface area contributed by atoms with E-state index in [1.54, 1.807) is 0 Å². The molecule has 4 nitrogen and oxygen atoms in total. The minimum absolute atomic E-state index is 0.136. The number of hydrogen-bond donors (Lipinski definition) is 1. The van der Waals surface area contributed by atoms with Gasteiger partial charge in [-0.15, -0.1) is 0 Å². The minimum atomic E-state index is -0.136. The Hall–Kier alpha value is -0.870. The number of hydrogen-bond acceptors (Lipinski definition) is 3. The Kier molecular flexibility index (Phi) is 3.84. The van der Waals surface area contributed by atoms with Crippen LogP contribution < -0.4 is 5.32 Å². The topological polar surface area (TPSA) is 39.1 Å². The Morgan fingerprint density at radius 1 is 1.59 bits per heavy atom. The van der Waals surface area contributed by atoms with Crippen LogP contribution in [0.25, 0.3) is 0 Å². The summed E-state index contributed by atoms with van der Waals surface area (Å²) < 4.78 is 7.97. The molecule has 1 N–H and O–H groups in total. The van der Waals surface area contributed by atoms with Crippen molar-refractivity contribution in [2.45, 2.75) is 51.8 Å². The third kappa shape index (κ3) is 3.07. The summed E-state index contributed by atoms with van der Waals surface area (Å²) in [6.07, 6.45) is 6.35. The first-order chi connectivity index (χ1) is 8.12. The molecule has 1 fully saturated rings. The summed E-state index contributed by atoms with van der Waals surface area (Å²) in [5.41, 5.74) is 1.15. The Balaban J connectivity index is 2.08. The van der Waals surface area contributed by atoms with Crippen LogP contribution in [0.3, 0.4) is 0 Å². The van der Waals surface area contributed by atoms with Crippen LogP contribution in [0.4, 0.5) is 0 Å². The molecule has 0 amide bonds. The van der Waals surface area contributed by atoms with Crippen molar-refractivity contribution < 1.29 is 4.74 Å². The number of ether oxygens (including phenoxy) is 1. The van der Waals surface area contributed by atoms with E-state index in [-0.39, 0.29) is 5.60 Å². The van der Waals surface area contributed by atoms with Crippen LogP contribution in [0.15, 0.2) is 12.5 Å². The molecule has 1 aromatic heterocycles. The van der Waals surface area contributed by atoms with Crippen molar-refractivity contribution in [3.05, 3.63) is 18.2 Å². The molecular formula is C13H23N3O. The van der Waals surface area contributed by atoms with E-state index in [1.165, 1.54) is 18.5 Å². The van der Waals surface area contributed by atoms with Gasteiger partial charge in [-0.25, -0.2) is 4.98 Å². The van der Waals surface area contributed by atoms with Crippen LogP contribution in [0.2, 0.25) is 0 Å². The van der Waals surface area contributed by atoms with Crippen molar-refractivity contribution >= 4 is 0 Å². The largest absolute Gasteiger partial charge is 0.374 e. The van der Waals surface area contributed by atoms with Gasteiger partial charge in [-0.3, -0.25) is 0 Å². The van der Waals surface area contributed by atoms with Gasteiger partial charge >= 0.3 is 0 Å². The fraction of sp³-hybridized carbons (Fsp3) is 0.769. The molecule has 0 bridgehead atoms. The van der Waals surface area contributed by atoms with E-state index in [9.17, 15) is 0 Å². The molecule has 0 aliphatic carbocycles. The third-order valence-corrected chi connectivity index (χ3v) is 3.25. The highest BCUT2D eigenvalue weighted by Crippen LogP contribution is 2.24. The molecule has 96 valence electrons. The summed E-state index contributed by atoms with van der Waals surface area (Å²) in [6.45, 7) is 9.01. The first-order valence-electron chi connectivity index (χ1n) is 6.50. The normalized spacial score (nSPS) is 21.0. The molecule has 1 saturated heterocycles. The second kappa shape index (κ2) is 5.19. The number of nitrogens with zero attached hydrogens (tertiary/aromatic N) is 2. The van der Waals surface area contributed by atoms with Gasteiger partial charge in [-0.1, -0.05) is 0 Å². The van der Waals surface area contributed by atoms with Crippen LogP contribution >= 0.6 is 0 Å². The molecule has 0 radical (unpaired) electrons. The lowest BCUT2D eigenvalue weighted by atomic mass is 10.1. The summed E-state index contributed by atoms with van der Waals surface area (Å²) in [5, 5.41) is 3.52. The van der Waals surface area contributed by atoms with Gasteiger partial charge in [-0.05, 0) is 40.2 Å². The van der Waals surface area contributed by atoms with E-state index < -0.39 is 0 Å². The molecule has 1 aromatic rings. The van der Waals surface area contributed by atoms with Crippen molar-refractivity contribution in [1.29, 1.82) is 0 Å². The van der Waals surface area contributed by atoms with Crippen molar-refractivity contribution in [2.24, 2.45) is 0 Å². The van der Waals surface area contributed by atoms with Crippen LogP contribution in [0.1, 0.15) is 45.3 Å². The standard InChI is InChI=1S/C13H23N3O/c1-4-17-13(2,3)9-16-10-14-8-12(16)11-6-5-7-15-11/h8,10-11,15H,4-7,9H2,1-3H3. The van der Waals surface area contributed by atoms with Crippen LogP contribution in [-0.4, -0.2) is 28.3 Å². The Labute approximate surface area is 103 Å². The highest BCUT2D eigenvalue weighted by Gasteiger charge is 2.24. The van der Waals surface area contributed by atoms with Gasteiger partial charge in [0.25, 0.3) is 0 Å². The molecule has 1 aliphatic rings. The summed E-state index contributed by atoms with van der Waals surface area (Å²) in [7, 11) is 0. The molecule has 1 atom stereocenters. The first-order valence-corrected chi connectivity index (χ1v) is 6.50. The third-order valence-electron chi connectivity index (χ3n) is 3.25. The Bertz CT molecular complexity index is 353. The number of nitrogens with one attached hydrogen (secondary N) is 1. The molecule has 1 unspecified atom stereocenters. The Morgan fingerprint density at radius 3 is 3.06 bits per heavy atom. The monoisotopic (exact) mass is 237 g/mol. The predicted molar refractivity (Wildman–Crippen MR) is 67.9 cm³/mol. The zero-order valence-electron chi connectivity index (χ0n) is 11.1. The number of imidazole rings is 1. The highest BCUT2D eigenvalue weighted by molar-refractivity contribution is 5.07. The second-order valence-corrected chi connectivity index (χ2v) is 5.29. The summed E-state index contributed by atoms with van der Waals surface area (Å²) in [5.74, 6) is 0. The fourth-order valence-corrected chi connectivity index (χ4v) is 2.54. The van der Waals surface area contributed by atoms with E-state index in [1.807, 2.05) is 19.4 Å². The average Bonchev–Trinajstić information content (AvgIpc) is 2.85.